The summed E-state index contributed by atoms with van der Waals surface area (Å²) in [6, 6.07) is -0.0929. The average molecular weight is 321 g/mol. The third-order valence-electron chi connectivity index (χ3n) is 2.66. The summed E-state index contributed by atoms with van der Waals surface area (Å²) in [5.74, 6) is 0.775. The Balaban J connectivity index is 2.26. The molecule has 1 aliphatic heterocycles. The van der Waals surface area contributed by atoms with E-state index >= 15 is 0 Å². The number of nitrogens with zero attached hydrogens (tertiary/aromatic N) is 2. The molecule has 1 unspecified atom stereocenters. The van der Waals surface area contributed by atoms with Gasteiger partial charge in [-0.25, -0.2) is 9.78 Å². The summed E-state index contributed by atoms with van der Waals surface area (Å²) in [6.07, 6.45) is 0.907. The zero-order valence-corrected chi connectivity index (χ0v) is 10.5. The molecule has 0 radical (unpaired) electrons. The number of aryl methyl sites for hydroxylation is 1. The van der Waals surface area contributed by atoms with Gasteiger partial charge in [0.25, 0.3) is 0 Å². The highest BCUT2D eigenvalue weighted by Crippen LogP contribution is 2.30. The van der Waals surface area contributed by atoms with Crippen molar-refractivity contribution in [3.8, 4) is 0 Å². The van der Waals surface area contributed by atoms with E-state index in [-0.39, 0.29) is 6.04 Å². The van der Waals surface area contributed by atoms with Gasteiger partial charge in [-0.3, -0.25) is 4.90 Å². The first-order valence-electron chi connectivity index (χ1n) is 4.81. The van der Waals surface area contributed by atoms with Crippen molar-refractivity contribution in [2.75, 3.05) is 6.54 Å². The first-order valence-corrected chi connectivity index (χ1v) is 5.89. The monoisotopic (exact) mass is 321 g/mol. The van der Waals surface area contributed by atoms with Gasteiger partial charge in [0, 0.05) is 12.2 Å². The SMILES string of the molecule is Cc1[nH]c(C2CCCN2C(=O)O)nc1I. The lowest BCUT2D eigenvalue weighted by molar-refractivity contribution is 0.138. The van der Waals surface area contributed by atoms with Gasteiger partial charge in [0.15, 0.2) is 0 Å². The van der Waals surface area contributed by atoms with Gasteiger partial charge in [-0.1, -0.05) is 0 Å². The van der Waals surface area contributed by atoms with Crippen LogP contribution in [0.4, 0.5) is 4.79 Å². The second-order valence-electron chi connectivity index (χ2n) is 3.67. The number of rotatable bonds is 1. The van der Waals surface area contributed by atoms with Crippen molar-refractivity contribution in [3.63, 3.8) is 0 Å². The van der Waals surface area contributed by atoms with Crippen LogP contribution >= 0.6 is 22.6 Å². The minimum atomic E-state index is -0.860. The molecule has 0 bridgehead atoms. The second kappa shape index (κ2) is 3.99. The molecule has 1 aliphatic rings. The lowest BCUT2D eigenvalue weighted by atomic mass is 10.2. The molecule has 6 heteroatoms. The first-order chi connectivity index (χ1) is 7.09. The molecule has 0 aliphatic carbocycles. The predicted octanol–water partition coefficient (Wildman–Crippen LogP) is 2.14. The normalized spacial score (nSPS) is 20.9. The zero-order valence-electron chi connectivity index (χ0n) is 8.33. The summed E-state index contributed by atoms with van der Waals surface area (Å²) < 4.78 is 0.917. The number of hydrogen-bond acceptors (Lipinski definition) is 2. The average Bonchev–Trinajstić information content (AvgIpc) is 2.73. The van der Waals surface area contributed by atoms with Gasteiger partial charge in [0.1, 0.15) is 9.53 Å². The quantitative estimate of drug-likeness (QED) is 0.779. The Labute approximate surface area is 101 Å². The number of carboxylic acid groups (broad SMARTS) is 1. The van der Waals surface area contributed by atoms with E-state index in [1.165, 1.54) is 4.90 Å². The Kier molecular flexibility index (Phi) is 2.85. The fourth-order valence-electron chi connectivity index (χ4n) is 1.90. The van der Waals surface area contributed by atoms with Gasteiger partial charge in [-0.05, 0) is 42.4 Å². The second-order valence-corrected chi connectivity index (χ2v) is 4.69. The number of likely N-dealkylation sites (tertiary alicyclic amines) is 1. The highest BCUT2D eigenvalue weighted by molar-refractivity contribution is 14.1. The smallest absolute Gasteiger partial charge is 0.407 e. The number of carbonyl (C=O) groups is 1. The number of imidazole rings is 1. The molecule has 5 nitrogen and oxygen atoms in total. The summed E-state index contributed by atoms with van der Waals surface area (Å²) >= 11 is 2.15. The van der Waals surface area contributed by atoms with Crippen LogP contribution in [0.3, 0.4) is 0 Å². The van der Waals surface area contributed by atoms with Gasteiger partial charge in [0.05, 0.1) is 6.04 Å². The molecule has 15 heavy (non-hydrogen) atoms. The highest BCUT2D eigenvalue weighted by Gasteiger charge is 2.32. The molecular weight excluding hydrogens is 309 g/mol. The molecule has 2 heterocycles. The minimum absolute atomic E-state index is 0.0929. The predicted molar refractivity (Wildman–Crippen MR) is 62.7 cm³/mol. The third kappa shape index (κ3) is 1.95. The molecule has 1 atom stereocenters. The van der Waals surface area contributed by atoms with E-state index in [0.717, 1.165) is 28.1 Å². The largest absolute Gasteiger partial charge is 0.465 e. The van der Waals surface area contributed by atoms with Crippen LogP contribution < -0.4 is 0 Å². The number of aromatic nitrogens is 2. The van der Waals surface area contributed by atoms with Crippen molar-refractivity contribution >= 4 is 28.7 Å². The Morgan fingerprint density at radius 2 is 2.47 bits per heavy atom. The van der Waals surface area contributed by atoms with Crippen molar-refractivity contribution < 1.29 is 9.90 Å². The number of H-pyrrole nitrogens is 1. The molecule has 1 amide bonds. The molecule has 82 valence electrons. The molecule has 1 aromatic heterocycles. The van der Waals surface area contributed by atoms with Crippen molar-refractivity contribution in [1.29, 1.82) is 0 Å². The number of aromatic amines is 1. The number of hydrogen-bond donors (Lipinski definition) is 2. The van der Waals surface area contributed by atoms with E-state index in [0.29, 0.717) is 6.54 Å². The van der Waals surface area contributed by atoms with Crippen molar-refractivity contribution in [2.24, 2.45) is 0 Å². The summed E-state index contributed by atoms with van der Waals surface area (Å²) in [5.41, 5.74) is 1.00. The Morgan fingerprint density at radius 1 is 1.73 bits per heavy atom. The van der Waals surface area contributed by atoms with E-state index in [1.54, 1.807) is 0 Å². The molecule has 1 aromatic rings. The standard InChI is InChI=1S/C9H12IN3O2/c1-5-7(10)12-8(11-5)6-3-2-4-13(6)9(14)15/h6H,2-4H2,1H3,(H,11,12)(H,14,15). The van der Waals surface area contributed by atoms with Crippen molar-refractivity contribution in [3.05, 3.63) is 15.2 Å². The number of halogens is 1. The lowest BCUT2D eigenvalue weighted by Gasteiger charge is -2.19. The Hall–Kier alpha value is -0.790. The van der Waals surface area contributed by atoms with Gasteiger partial charge < -0.3 is 10.1 Å². The van der Waals surface area contributed by atoms with Gasteiger partial charge in [-0.2, -0.15) is 0 Å². The minimum Gasteiger partial charge on any atom is -0.465 e. The van der Waals surface area contributed by atoms with Crippen LogP contribution in [-0.2, 0) is 0 Å². The molecule has 2 N–H and O–H groups in total. The van der Waals surface area contributed by atoms with E-state index in [1.807, 2.05) is 6.92 Å². The summed E-state index contributed by atoms with van der Waals surface area (Å²) in [4.78, 5) is 19.9. The maximum absolute atomic E-state index is 11.0. The van der Waals surface area contributed by atoms with Crippen molar-refractivity contribution in [2.45, 2.75) is 25.8 Å². The maximum Gasteiger partial charge on any atom is 0.407 e. The fraction of sp³-hybridized carbons (Fsp3) is 0.556. The number of amides is 1. The van der Waals surface area contributed by atoms with E-state index in [4.69, 9.17) is 5.11 Å². The van der Waals surface area contributed by atoms with Crippen LogP contribution in [0.1, 0.15) is 30.4 Å². The van der Waals surface area contributed by atoms with Crippen molar-refractivity contribution in [1.82, 2.24) is 14.9 Å². The van der Waals surface area contributed by atoms with Crippen LogP contribution in [0.5, 0.6) is 0 Å². The molecule has 0 saturated carbocycles. The molecule has 1 fully saturated rings. The van der Waals surface area contributed by atoms with Crippen LogP contribution in [0.15, 0.2) is 0 Å². The van der Waals surface area contributed by atoms with Crippen LogP contribution in [0.2, 0.25) is 0 Å². The van der Waals surface area contributed by atoms with Gasteiger partial charge in [-0.15, -0.1) is 0 Å². The summed E-state index contributed by atoms with van der Waals surface area (Å²) in [5, 5.41) is 9.00. The lowest BCUT2D eigenvalue weighted by Crippen LogP contribution is -2.29. The maximum atomic E-state index is 11.0. The molecule has 2 rings (SSSR count). The van der Waals surface area contributed by atoms with Crippen LogP contribution in [0.25, 0.3) is 0 Å². The van der Waals surface area contributed by atoms with Gasteiger partial charge >= 0.3 is 6.09 Å². The third-order valence-corrected chi connectivity index (χ3v) is 3.71. The molecule has 1 saturated heterocycles. The zero-order chi connectivity index (χ0) is 11.0. The fourth-order valence-corrected chi connectivity index (χ4v) is 2.29. The Bertz CT molecular complexity index is 371. The molecule has 0 spiro atoms. The molecular formula is C9H12IN3O2. The van der Waals surface area contributed by atoms with Crippen LogP contribution in [-0.4, -0.2) is 32.6 Å². The van der Waals surface area contributed by atoms with E-state index in [9.17, 15) is 4.79 Å². The summed E-state index contributed by atoms with van der Waals surface area (Å²) in [7, 11) is 0. The van der Waals surface area contributed by atoms with E-state index in [2.05, 4.69) is 32.6 Å². The topological polar surface area (TPSA) is 69.2 Å². The van der Waals surface area contributed by atoms with Crippen LogP contribution in [0, 0.1) is 10.6 Å². The summed E-state index contributed by atoms with van der Waals surface area (Å²) in [6.45, 7) is 2.55. The van der Waals surface area contributed by atoms with Gasteiger partial charge in [0.2, 0.25) is 0 Å². The van der Waals surface area contributed by atoms with E-state index < -0.39 is 6.09 Å². The Morgan fingerprint density at radius 3 is 3.00 bits per heavy atom. The highest BCUT2D eigenvalue weighted by atomic mass is 127. The first kappa shape index (κ1) is 10.7. The molecule has 0 aromatic carbocycles. The number of nitrogens with one attached hydrogen (secondary N) is 1.